The number of carbonyl (C=O) groups is 2. The first-order chi connectivity index (χ1) is 9.60. The van der Waals surface area contributed by atoms with E-state index in [1.165, 1.54) is 7.11 Å². The number of esters is 1. The normalized spacial score (nSPS) is 21.9. The van der Waals surface area contributed by atoms with Gasteiger partial charge in [0.1, 0.15) is 5.92 Å². The molecule has 2 atom stereocenters. The topological polar surface area (TPSA) is 92.1 Å². The third kappa shape index (κ3) is 2.26. The Morgan fingerprint density at radius 1 is 1.55 bits per heavy atom. The number of nitriles is 1. The van der Waals surface area contributed by atoms with E-state index in [2.05, 4.69) is 10.3 Å². The highest BCUT2D eigenvalue weighted by atomic mass is 16.5. The van der Waals surface area contributed by atoms with Gasteiger partial charge in [-0.25, -0.2) is 4.79 Å². The van der Waals surface area contributed by atoms with Gasteiger partial charge >= 0.3 is 5.97 Å². The summed E-state index contributed by atoms with van der Waals surface area (Å²) in [7, 11) is 1.26. The Morgan fingerprint density at radius 3 is 2.85 bits per heavy atom. The van der Waals surface area contributed by atoms with Crippen molar-refractivity contribution in [3.8, 4) is 6.07 Å². The molecule has 1 aromatic heterocycles. The summed E-state index contributed by atoms with van der Waals surface area (Å²) >= 11 is 0. The minimum Gasteiger partial charge on any atom is -0.466 e. The SMILES string of the molecule is COC(=O)C1=C(C)NC(=O)C(C#N)[C@@H]1c1cccnc1. The number of allylic oxidation sites excluding steroid dienone is 1. The number of ether oxygens (including phenoxy) is 1. The van der Waals surface area contributed by atoms with Crippen LogP contribution in [0.15, 0.2) is 35.8 Å². The van der Waals surface area contributed by atoms with Gasteiger partial charge in [-0.3, -0.25) is 9.78 Å². The Morgan fingerprint density at radius 2 is 2.30 bits per heavy atom. The molecule has 2 rings (SSSR count). The highest BCUT2D eigenvalue weighted by Gasteiger charge is 2.41. The van der Waals surface area contributed by atoms with Gasteiger partial charge in [-0.15, -0.1) is 0 Å². The molecule has 1 N–H and O–H groups in total. The molecule has 0 spiro atoms. The molecule has 1 aliphatic rings. The molecule has 20 heavy (non-hydrogen) atoms. The molecule has 0 aromatic carbocycles. The third-order valence-electron chi connectivity index (χ3n) is 3.23. The Kier molecular flexibility index (Phi) is 3.80. The van der Waals surface area contributed by atoms with Crippen LogP contribution >= 0.6 is 0 Å². The van der Waals surface area contributed by atoms with Crippen molar-refractivity contribution in [2.75, 3.05) is 7.11 Å². The highest BCUT2D eigenvalue weighted by Crippen LogP contribution is 2.36. The number of aromatic nitrogens is 1. The number of methoxy groups -OCH3 is 1. The maximum Gasteiger partial charge on any atom is 0.336 e. The molecule has 0 aliphatic carbocycles. The molecule has 0 fully saturated rings. The molecule has 6 heteroatoms. The molecule has 1 aromatic rings. The maximum atomic E-state index is 12.0. The number of hydrogen-bond acceptors (Lipinski definition) is 5. The zero-order valence-corrected chi connectivity index (χ0v) is 11.1. The number of carbonyl (C=O) groups excluding carboxylic acids is 2. The first kappa shape index (κ1) is 13.7. The van der Waals surface area contributed by atoms with E-state index in [0.29, 0.717) is 11.3 Å². The van der Waals surface area contributed by atoms with Crippen molar-refractivity contribution in [3.63, 3.8) is 0 Å². The van der Waals surface area contributed by atoms with Crippen LogP contribution in [0.25, 0.3) is 0 Å². The third-order valence-corrected chi connectivity index (χ3v) is 3.23. The summed E-state index contributed by atoms with van der Waals surface area (Å²) in [6.07, 6.45) is 3.13. The number of pyridine rings is 1. The lowest BCUT2D eigenvalue weighted by Gasteiger charge is -2.29. The van der Waals surface area contributed by atoms with Gasteiger partial charge < -0.3 is 10.1 Å². The first-order valence-electron chi connectivity index (χ1n) is 5.99. The fraction of sp³-hybridized carbons (Fsp3) is 0.286. The average molecular weight is 271 g/mol. The monoisotopic (exact) mass is 271 g/mol. The van der Waals surface area contributed by atoms with Gasteiger partial charge in [0.25, 0.3) is 0 Å². The summed E-state index contributed by atoms with van der Waals surface area (Å²) in [4.78, 5) is 27.9. The predicted octanol–water partition coefficient (Wildman–Crippen LogP) is 0.882. The van der Waals surface area contributed by atoms with E-state index in [1.807, 2.05) is 6.07 Å². The summed E-state index contributed by atoms with van der Waals surface area (Å²) in [6.45, 7) is 1.61. The lowest BCUT2D eigenvalue weighted by molar-refractivity contribution is -0.137. The van der Waals surface area contributed by atoms with Gasteiger partial charge in [-0.1, -0.05) is 6.07 Å². The number of nitrogens with one attached hydrogen (secondary N) is 1. The van der Waals surface area contributed by atoms with Crippen LogP contribution in [0.2, 0.25) is 0 Å². The molecular weight excluding hydrogens is 258 g/mol. The number of hydrogen-bond donors (Lipinski definition) is 1. The molecule has 0 saturated heterocycles. The van der Waals surface area contributed by atoms with Crippen molar-refractivity contribution >= 4 is 11.9 Å². The molecule has 102 valence electrons. The second kappa shape index (κ2) is 5.53. The van der Waals surface area contributed by atoms with Crippen LogP contribution < -0.4 is 5.32 Å². The number of amides is 1. The van der Waals surface area contributed by atoms with Crippen molar-refractivity contribution in [1.82, 2.24) is 10.3 Å². The molecule has 0 bridgehead atoms. The van der Waals surface area contributed by atoms with E-state index in [1.54, 1.807) is 31.5 Å². The number of nitrogens with zero attached hydrogens (tertiary/aromatic N) is 2. The van der Waals surface area contributed by atoms with Gasteiger partial charge in [0, 0.05) is 24.0 Å². The fourth-order valence-electron chi connectivity index (χ4n) is 2.32. The van der Waals surface area contributed by atoms with Gasteiger partial charge in [0.15, 0.2) is 0 Å². The molecule has 2 heterocycles. The summed E-state index contributed by atoms with van der Waals surface area (Å²) in [5.41, 5.74) is 1.32. The lowest BCUT2D eigenvalue weighted by Crippen LogP contribution is -2.41. The van der Waals surface area contributed by atoms with E-state index >= 15 is 0 Å². The summed E-state index contributed by atoms with van der Waals surface area (Å²) in [6, 6.07) is 5.38. The quantitative estimate of drug-likeness (QED) is 0.806. The van der Waals surface area contributed by atoms with Gasteiger partial charge in [0.2, 0.25) is 5.91 Å². The Bertz CT molecular complexity index is 616. The largest absolute Gasteiger partial charge is 0.466 e. The van der Waals surface area contributed by atoms with Crippen molar-refractivity contribution in [1.29, 1.82) is 5.26 Å². The highest BCUT2D eigenvalue weighted by molar-refractivity contribution is 5.97. The standard InChI is InChI=1S/C14H13N3O3/c1-8-11(14(19)20-2)12(9-4-3-5-16-7-9)10(6-15)13(18)17-8/h3-5,7,10,12H,1-2H3,(H,17,18)/t10?,12-/m0/s1. The summed E-state index contributed by atoms with van der Waals surface area (Å²) < 4.78 is 4.76. The van der Waals surface area contributed by atoms with Crippen LogP contribution in [-0.2, 0) is 14.3 Å². The van der Waals surface area contributed by atoms with Crippen LogP contribution in [0, 0.1) is 17.2 Å². The summed E-state index contributed by atoms with van der Waals surface area (Å²) in [5.74, 6) is -2.64. The van der Waals surface area contributed by atoms with Gasteiger partial charge in [0.05, 0.1) is 18.8 Å². The van der Waals surface area contributed by atoms with Crippen LogP contribution in [0.1, 0.15) is 18.4 Å². The molecule has 0 saturated carbocycles. The lowest BCUT2D eigenvalue weighted by atomic mass is 9.78. The first-order valence-corrected chi connectivity index (χ1v) is 5.99. The van der Waals surface area contributed by atoms with Crippen LogP contribution in [0.3, 0.4) is 0 Å². The summed E-state index contributed by atoms with van der Waals surface area (Å²) in [5, 5.41) is 11.8. The Labute approximate surface area is 116 Å². The fourth-order valence-corrected chi connectivity index (χ4v) is 2.32. The molecule has 1 unspecified atom stereocenters. The van der Waals surface area contributed by atoms with E-state index < -0.39 is 23.7 Å². The second-order valence-electron chi connectivity index (χ2n) is 4.39. The smallest absolute Gasteiger partial charge is 0.336 e. The maximum absolute atomic E-state index is 12.0. The van der Waals surface area contributed by atoms with Gasteiger partial charge in [-0.05, 0) is 18.6 Å². The molecule has 0 radical (unpaired) electrons. The minimum absolute atomic E-state index is 0.284. The van der Waals surface area contributed by atoms with Gasteiger partial charge in [-0.2, -0.15) is 5.26 Å². The van der Waals surface area contributed by atoms with E-state index in [9.17, 15) is 14.9 Å². The van der Waals surface area contributed by atoms with Crippen LogP contribution in [0.4, 0.5) is 0 Å². The van der Waals surface area contributed by atoms with Crippen molar-refractivity contribution < 1.29 is 14.3 Å². The average Bonchev–Trinajstić information content (AvgIpc) is 2.46. The predicted molar refractivity (Wildman–Crippen MR) is 68.9 cm³/mol. The van der Waals surface area contributed by atoms with Crippen LogP contribution in [0.5, 0.6) is 0 Å². The zero-order valence-electron chi connectivity index (χ0n) is 11.1. The van der Waals surface area contributed by atoms with E-state index in [4.69, 9.17) is 4.74 Å². The molecular formula is C14H13N3O3. The molecule has 1 amide bonds. The van der Waals surface area contributed by atoms with Crippen molar-refractivity contribution in [3.05, 3.63) is 41.4 Å². The zero-order chi connectivity index (χ0) is 14.7. The molecule has 1 aliphatic heterocycles. The minimum atomic E-state index is -0.989. The second-order valence-corrected chi connectivity index (χ2v) is 4.39. The van der Waals surface area contributed by atoms with Crippen LogP contribution in [-0.4, -0.2) is 24.0 Å². The molecule has 6 nitrogen and oxygen atoms in total. The van der Waals surface area contributed by atoms with Crippen molar-refractivity contribution in [2.45, 2.75) is 12.8 Å². The van der Waals surface area contributed by atoms with Crippen molar-refractivity contribution in [2.24, 2.45) is 5.92 Å². The number of rotatable bonds is 2. The van der Waals surface area contributed by atoms with E-state index in [0.717, 1.165) is 0 Å². The Balaban J connectivity index is 2.61. The Hall–Kier alpha value is -2.68. The van der Waals surface area contributed by atoms with E-state index in [-0.39, 0.29) is 5.57 Å².